The van der Waals surface area contributed by atoms with Gasteiger partial charge in [0.15, 0.2) is 5.82 Å². The maximum atomic E-state index is 6.19. The molecule has 0 aromatic carbocycles. The molecule has 15 heavy (non-hydrogen) atoms. The second-order valence-electron chi connectivity index (χ2n) is 4.64. The van der Waals surface area contributed by atoms with Gasteiger partial charge in [-0.2, -0.15) is 4.80 Å². The Hall–Kier alpha value is -0.970. The third-order valence-electron chi connectivity index (χ3n) is 3.45. The van der Waals surface area contributed by atoms with Crippen molar-refractivity contribution in [1.82, 2.24) is 20.2 Å². The van der Waals surface area contributed by atoms with Crippen LogP contribution < -0.4 is 5.73 Å². The molecule has 1 aliphatic carbocycles. The summed E-state index contributed by atoms with van der Waals surface area (Å²) >= 11 is 0. The van der Waals surface area contributed by atoms with Crippen molar-refractivity contribution in [3.05, 3.63) is 5.82 Å². The highest BCUT2D eigenvalue weighted by atomic mass is 15.6. The minimum atomic E-state index is 0.187. The molecule has 3 unspecified atom stereocenters. The van der Waals surface area contributed by atoms with Crippen molar-refractivity contribution in [2.24, 2.45) is 24.6 Å². The van der Waals surface area contributed by atoms with Crippen LogP contribution >= 0.6 is 0 Å². The molecule has 1 heterocycles. The fourth-order valence-electron chi connectivity index (χ4n) is 2.58. The fourth-order valence-corrected chi connectivity index (χ4v) is 2.58. The Kier molecular flexibility index (Phi) is 3.00. The summed E-state index contributed by atoms with van der Waals surface area (Å²) in [6.45, 7) is 2.29. The van der Waals surface area contributed by atoms with Crippen LogP contribution in [0.25, 0.3) is 0 Å². The van der Waals surface area contributed by atoms with Crippen LogP contribution in [-0.4, -0.2) is 26.2 Å². The fraction of sp³-hybridized carbons (Fsp3) is 0.900. The number of aromatic nitrogens is 4. The number of hydrogen-bond donors (Lipinski definition) is 1. The second-order valence-corrected chi connectivity index (χ2v) is 4.64. The summed E-state index contributed by atoms with van der Waals surface area (Å²) in [5.41, 5.74) is 6.19. The van der Waals surface area contributed by atoms with Gasteiger partial charge in [-0.1, -0.05) is 19.8 Å². The van der Waals surface area contributed by atoms with Gasteiger partial charge >= 0.3 is 0 Å². The van der Waals surface area contributed by atoms with Crippen LogP contribution in [0.15, 0.2) is 0 Å². The number of nitrogens with zero attached hydrogens (tertiary/aromatic N) is 4. The van der Waals surface area contributed by atoms with Crippen molar-refractivity contribution >= 4 is 0 Å². The van der Waals surface area contributed by atoms with E-state index < -0.39 is 0 Å². The van der Waals surface area contributed by atoms with Gasteiger partial charge in [-0.15, -0.1) is 10.2 Å². The average molecular weight is 209 g/mol. The van der Waals surface area contributed by atoms with Crippen molar-refractivity contribution in [3.63, 3.8) is 0 Å². The summed E-state index contributed by atoms with van der Waals surface area (Å²) < 4.78 is 0. The highest BCUT2D eigenvalue weighted by Gasteiger charge is 2.29. The lowest BCUT2D eigenvalue weighted by atomic mass is 9.89. The first-order chi connectivity index (χ1) is 7.16. The molecule has 0 bridgehead atoms. The first-order valence-electron chi connectivity index (χ1n) is 5.65. The van der Waals surface area contributed by atoms with Gasteiger partial charge in [-0.3, -0.25) is 0 Å². The molecule has 1 aromatic rings. The summed E-state index contributed by atoms with van der Waals surface area (Å²) in [7, 11) is 1.78. The Bertz CT molecular complexity index is 321. The summed E-state index contributed by atoms with van der Waals surface area (Å²) in [6, 6.07) is 0.187. The first kappa shape index (κ1) is 10.5. The Morgan fingerprint density at radius 2 is 2.33 bits per heavy atom. The molecule has 2 rings (SSSR count). The van der Waals surface area contributed by atoms with Gasteiger partial charge in [0.2, 0.25) is 0 Å². The zero-order valence-corrected chi connectivity index (χ0v) is 9.43. The van der Waals surface area contributed by atoms with Crippen LogP contribution in [0.5, 0.6) is 0 Å². The van der Waals surface area contributed by atoms with Gasteiger partial charge in [0.1, 0.15) is 0 Å². The molecule has 1 saturated carbocycles. The maximum absolute atomic E-state index is 6.19. The van der Waals surface area contributed by atoms with E-state index in [0.29, 0.717) is 5.92 Å². The van der Waals surface area contributed by atoms with E-state index >= 15 is 0 Å². The summed E-state index contributed by atoms with van der Waals surface area (Å²) in [5, 5.41) is 12.0. The van der Waals surface area contributed by atoms with E-state index in [2.05, 4.69) is 22.3 Å². The summed E-state index contributed by atoms with van der Waals surface area (Å²) in [6.07, 6.45) is 4.63. The average Bonchev–Trinajstić information content (AvgIpc) is 2.75. The molecule has 0 aliphatic heterocycles. The number of aryl methyl sites for hydroxylation is 1. The van der Waals surface area contributed by atoms with Crippen LogP contribution in [-0.2, 0) is 13.5 Å². The standard InChI is InChI=1S/C10H19N5/c1-7-4-3-5-8(7)9(11)6-10-12-14-15(2)13-10/h7-9H,3-6,11H2,1-2H3. The lowest BCUT2D eigenvalue weighted by Gasteiger charge is -2.21. The van der Waals surface area contributed by atoms with E-state index in [9.17, 15) is 0 Å². The van der Waals surface area contributed by atoms with Crippen molar-refractivity contribution in [3.8, 4) is 0 Å². The second kappa shape index (κ2) is 4.26. The zero-order valence-electron chi connectivity index (χ0n) is 9.43. The van der Waals surface area contributed by atoms with Crippen LogP contribution in [0.1, 0.15) is 32.0 Å². The lowest BCUT2D eigenvalue weighted by Crippen LogP contribution is -2.34. The molecule has 0 spiro atoms. The van der Waals surface area contributed by atoms with E-state index in [4.69, 9.17) is 5.73 Å². The van der Waals surface area contributed by atoms with Gasteiger partial charge in [-0.05, 0) is 23.5 Å². The largest absolute Gasteiger partial charge is 0.327 e. The van der Waals surface area contributed by atoms with Gasteiger partial charge in [0.25, 0.3) is 0 Å². The smallest absolute Gasteiger partial charge is 0.176 e. The summed E-state index contributed by atoms with van der Waals surface area (Å²) in [4.78, 5) is 1.49. The minimum Gasteiger partial charge on any atom is -0.327 e. The Morgan fingerprint density at radius 3 is 2.87 bits per heavy atom. The highest BCUT2D eigenvalue weighted by molar-refractivity contribution is 4.90. The molecule has 5 nitrogen and oxygen atoms in total. The third kappa shape index (κ3) is 2.34. The Balaban J connectivity index is 1.94. The number of tetrazole rings is 1. The van der Waals surface area contributed by atoms with E-state index in [1.165, 1.54) is 24.1 Å². The van der Waals surface area contributed by atoms with Crippen LogP contribution in [0, 0.1) is 11.8 Å². The van der Waals surface area contributed by atoms with Gasteiger partial charge in [-0.25, -0.2) is 0 Å². The maximum Gasteiger partial charge on any atom is 0.176 e. The van der Waals surface area contributed by atoms with E-state index in [-0.39, 0.29) is 6.04 Å². The van der Waals surface area contributed by atoms with Crippen LogP contribution in [0.4, 0.5) is 0 Å². The van der Waals surface area contributed by atoms with Gasteiger partial charge in [0.05, 0.1) is 7.05 Å². The molecule has 1 fully saturated rings. The molecule has 1 aromatic heterocycles. The molecule has 1 aliphatic rings. The topological polar surface area (TPSA) is 69.6 Å². The van der Waals surface area contributed by atoms with Crippen LogP contribution in [0.3, 0.4) is 0 Å². The van der Waals surface area contributed by atoms with Gasteiger partial charge < -0.3 is 5.73 Å². The molecule has 2 N–H and O–H groups in total. The summed E-state index contributed by atoms with van der Waals surface area (Å²) in [5.74, 6) is 2.15. The predicted octanol–water partition coefficient (Wildman–Crippen LogP) is 0.516. The van der Waals surface area contributed by atoms with Crippen LogP contribution in [0.2, 0.25) is 0 Å². The molecule has 84 valence electrons. The van der Waals surface area contributed by atoms with E-state index in [0.717, 1.165) is 18.2 Å². The Labute approximate surface area is 90.0 Å². The predicted molar refractivity (Wildman–Crippen MR) is 57.0 cm³/mol. The SMILES string of the molecule is CC1CCCC1C(N)Cc1nnn(C)n1. The monoisotopic (exact) mass is 209 g/mol. The number of nitrogens with two attached hydrogens (primary N) is 1. The first-order valence-corrected chi connectivity index (χ1v) is 5.65. The van der Waals surface area contributed by atoms with Crippen molar-refractivity contribution in [1.29, 1.82) is 0 Å². The van der Waals surface area contributed by atoms with Gasteiger partial charge in [0, 0.05) is 12.5 Å². The van der Waals surface area contributed by atoms with E-state index in [1.807, 2.05) is 0 Å². The number of hydrogen-bond acceptors (Lipinski definition) is 4. The molecular formula is C10H19N5. The molecule has 0 saturated heterocycles. The van der Waals surface area contributed by atoms with Crippen molar-refractivity contribution in [2.45, 2.75) is 38.6 Å². The Morgan fingerprint density at radius 1 is 1.53 bits per heavy atom. The minimum absolute atomic E-state index is 0.187. The molecule has 0 amide bonds. The molecule has 3 atom stereocenters. The number of rotatable bonds is 3. The molecule has 5 heteroatoms. The van der Waals surface area contributed by atoms with Crippen molar-refractivity contribution in [2.75, 3.05) is 0 Å². The zero-order chi connectivity index (χ0) is 10.8. The lowest BCUT2D eigenvalue weighted by molar-refractivity contribution is 0.340. The highest BCUT2D eigenvalue weighted by Crippen LogP contribution is 2.33. The third-order valence-corrected chi connectivity index (χ3v) is 3.45. The quantitative estimate of drug-likeness (QED) is 0.787. The van der Waals surface area contributed by atoms with E-state index in [1.54, 1.807) is 7.05 Å². The van der Waals surface area contributed by atoms with Crippen molar-refractivity contribution < 1.29 is 0 Å². The molecular weight excluding hydrogens is 190 g/mol. The molecule has 0 radical (unpaired) electrons. The normalized spacial score (nSPS) is 28.2.